The van der Waals surface area contributed by atoms with Gasteiger partial charge in [-0.15, -0.1) is 0 Å². The number of hydrogen-bond donors (Lipinski definition) is 0. The molecule has 0 atom stereocenters. The summed E-state index contributed by atoms with van der Waals surface area (Å²) in [5, 5.41) is 2.75. The van der Waals surface area contributed by atoms with Crippen LogP contribution in [0.1, 0.15) is 0 Å². The molecule has 158 valence electrons. The van der Waals surface area contributed by atoms with Crippen molar-refractivity contribution in [1.29, 1.82) is 0 Å². The molecule has 0 radical (unpaired) electrons. The fourth-order valence-corrected chi connectivity index (χ4v) is 4.46. The lowest BCUT2D eigenvalue weighted by Crippen LogP contribution is -1.98. The molecule has 0 bridgehead atoms. The van der Waals surface area contributed by atoms with E-state index in [0.717, 1.165) is 44.2 Å². The Balaban J connectivity index is 1.61. The van der Waals surface area contributed by atoms with Crippen LogP contribution in [-0.4, -0.2) is 15.0 Å². The van der Waals surface area contributed by atoms with Gasteiger partial charge in [-0.1, -0.05) is 78.3 Å². The Morgan fingerprint density at radius 1 is 0.576 bits per heavy atom. The summed E-state index contributed by atoms with van der Waals surface area (Å²) in [6, 6.07) is 29.4. The van der Waals surface area contributed by atoms with Crippen molar-refractivity contribution in [3.05, 3.63) is 101 Å². The van der Waals surface area contributed by atoms with Gasteiger partial charge < -0.3 is 4.42 Å². The zero-order valence-corrected chi connectivity index (χ0v) is 18.7. The number of rotatable bonds is 3. The van der Waals surface area contributed by atoms with Gasteiger partial charge in [0.2, 0.25) is 5.28 Å². The first-order valence-corrected chi connectivity index (χ1v) is 11.1. The molecule has 2 aromatic heterocycles. The normalized spacial score (nSPS) is 11.3. The van der Waals surface area contributed by atoms with Crippen LogP contribution in [0.2, 0.25) is 10.3 Å². The Bertz CT molecular complexity index is 1640. The van der Waals surface area contributed by atoms with E-state index < -0.39 is 0 Å². The number of fused-ring (bicyclic) bond motifs is 3. The fraction of sp³-hybridized carbons (Fsp3) is 0. The maximum Gasteiger partial charge on any atom is 0.226 e. The number of benzene rings is 4. The Morgan fingerprint density at radius 2 is 1.30 bits per heavy atom. The minimum Gasteiger partial charge on any atom is -0.456 e. The number of nitrogens with zero attached hydrogens (tertiary/aromatic N) is 3. The molecule has 0 unspecified atom stereocenters. The molecule has 0 amide bonds. The highest BCUT2D eigenvalue weighted by Gasteiger charge is 2.18. The molecule has 0 N–H and O–H groups in total. The zero-order chi connectivity index (χ0) is 22.4. The van der Waals surface area contributed by atoms with Gasteiger partial charge in [0.1, 0.15) is 11.2 Å². The average molecular weight is 468 g/mol. The van der Waals surface area contributed by atoms with Crippen molar-refractivity contribution in [2.75, 3.05) is 0 Å². The monoisotopic (exact) mass is 467 g/mol. The summed E-state index contributed by atoms with van der Waals surface area (Å²) in [5.74, 6) is 1.03. The van der Waals surface area contributed by atoms with Crippen molar-refractivity contribution in [2.24, 2.45) is 0 Å². The number of furan rings is 1. The fourth-order valence-electron chi connectivity index (χ4n) is 4.12. The summed E-state index contributed by atoms with van der Waals surface area (Å²) in [5.41, 5.74) is 5.27. The average Bonchev–Trinajstić information content (AvgIpc) is 3.22. The molecule has 2 heterocycles. The first-order valence-electron chi connectivity index (χ1n) is 10.3. The predicted molar refractivity (Wildman–Crippen MR) is 133 cm³/mol. The van der Waals surface area contributed by atoms with Gasteiger partial charge in [0.15, 0.2) is 11.6 Å². The van der Waals surface area contributed by atoms with Crippen LogP contribution in [0, 0.1) is 0 Å². The van der Waals surface area contributed by atoms with E-state index in [1.165, 1.54) is 0 Å². The number of hydrogen-bond acceptors (Lipinski definition) is 4. The standard InChI is InChI=1S/C27H15Cl2N3O/c28-17-13-14-22-21(15-17)24-19(11-6-12-23(24)33-22)18-9-4-5-10-20(18)26-30-25(31-27(29)32-26)16-7-2-1-3-8-16/h1-15H. The summed E-state index contributed by atoms with van der Waals surface area (Å²) < 4.78 is 6.09. The molecule has 0 aliphatic carbocycles. The van der Waals surface area contributed by atoms with Crippen molar-refractivity contribution >= 4 is 45.1 Å². The van der Waals surface area contributed by atoms with E-state index in [-0.39, 0.29) is 5.28 Å². The van der Waals surface area contributed by atoms with Gasteiger partial charge >= 0.3 is 0 Å². The summed E-state index contributed by atoms with van der Waals surface area (Å²) >= 11 is 12.6. The molecule has 6 heteroatoms. The van der Waals surface area contributed by atoms with E-state index in [9.17, 15) is 0 Å². The van der Waals surface area contributed by atoms with E-state index in [2.05, 4.69) is 16.0 Å². The van der Waals surface area contributed by atoms with Crippen LogP contribution < -0.4 is 0 Å². The third-order valence-corrected chi connectivity index (χ3v) is 5.96. The molecular formula is C27H15Cl2N3O. The van der Waals surface area contributed by atoms with Crippen LogP contribution in [0.4, 0.5) is 0 Å². The van der Waals surface area contributed by atoms with Crippen molar-refractivity contribution < 1.29 is 4.42 Å². The van der Waals surface area contributed by atoms with Gasteiger partial charge in [-0.25, -0.2) is 4.98 Å². The minimum atomic E-state index is 0.146. The lowest BCUT2D eigenvalue weighted by Gasteiger charge is -2.11. The molecule has 4 aromatic carbocycles. The molecule has 33 heavy (non-hydrogen) atoms. The maximum atomic E-state index is 6.33. The third kappa shape index (κ3) is 3.54. The quantitative estimate of drug-likeness (QED) is 0.264. The molecule has 0 fully saturated rings. The smallest absolute Gasteiger partial charge is 0.226 e. The van der Waals surface area contributed by atoms with E-state index in [4.69, 9.17) is 32.6 Å². The van der Waals surface area contributed by atoms with Crippen LogP contribution in [-0.2, 0) is 0 Å². The van der Waals surface area contributed by atoms with E-state index >= 15 is 0 Å². The van der Waals surface area contributed by atoms with Crippen molar-refractivity contribution in [1.82, 2.24) is 15.0 Å². The lowest BCUT2D eigenvalue weighted by atomic mass is 9.95. The molecule has 0 saturated carbocycles. The molecule has 6 aromatic rings. The van der Waals surface area contributed by atoms with Crippen LogP contribution in [0.3, 0.4) is 0 Å². The molecule has 4 nitrogen and oxygen atoms in total. The number of aromatic nitrogens is 3. The van der Waals surface area contributed by atoms with Gasteiger partial charge in [-0.05, 0) is 47.0 Å². The van der Waals surface area contributed by atoms with E-state index in [0.29, 0.717) is 16.7 Å². The Labute approximate surface area is 199 Å². The molecular weight excluding hydrogens is 453 g/mol. The molecule has 6 rings (SSSR count). The highest BCUT2D eigenvalue weighted by molar-refractivity contribution is 6.32. The predicted octanol–water partition coefficient (Wildman–Crippen LogP) is 8.08. The second kappa shape index (κ2) is 8.00. The van der Waals surface area contributed by atoms with Gasteiger partial charge in [-0.2, -0.15) is 9.97 Å². The maximum absolute atomic E-state index is 6.33. The Hall–Kier alpha value is -3.73. The van der Waals surface area contributed by atoms with Gasteiger partial charge in [0, 0.05) is 26.9 Å². The zero-order valence-electron chi connectivity index (χ0n) is 17.2. The number of halogens is 2. The highest BCUT2D eigenvalue weighted by Crippen LogP contribution is 2.40. The topological polar surface area (TPSA) is 51.8 Å². The van der Waals surface area contributed by atoms with Crippen molar-refractivity contribution in [2.45, 2.75) is 0 Å². The van der Waals surface area contributed by atoms with E-state index in [1.54, 1.807) is 0 Å². The van der Waals surface area contributed by atoms with Gasteiger partial charge in [0.05, 0.1) is 0 Å². The first-order chi connectivity index (χ1) is 16.2. The summed E-state index contributed by atoms with van der Waals surface area (Å²) in [6.45, 7) is 0. The van der Waals surface area contributed by atoms with Crippen molar-refractivity contribution in [3.63, 3.8) is 0 Å². The largest absolute Gasteiger partial charge is 0.456 e. The lowest BCUT2D eigenvalue weighted by molar-refractivity contribution is 0.669. The van der Waals surface area contributed by atoms with E-state index in [1.807, 2.05) is 84.9 Å². The molecule has 0 saturated heterocycles. The van der Waals surface area contributed by atoms with Crippen LogP contribution in [0.25, 0.3) is 55.8 Å². The second-order valence-electron chi connectivity index (χ2n) is 7.58. The van der Waals surface area contributed by atoms with Crippen molar-refractivity contribution in [3.8, 4) is 33.9 Å². The Kier molecular flexibility index (Phi) is 4.83. The van der Waals surface area contributed by atoms with Gasteiger partial charge in [0.25, 0.3) is 0 Å². The first kappa shape index (κ1) is 19.9. The Morgan fingerprint density at radius 3 is 2.15 bits per heavy atom. The van der Waals surface area contributed by atoms with Crippen LogP contribution in [0.15, 0.2) is 95.4 Å². The molecule has 0 spiro atoms. The molecule has 0 aliphatic heterocycles. The van der Waals surface area contributed by atoms with Crippen LogP contribution >= 0.6 is 23.2 Å². The minimum absolute atomic E-state index is 0.146. The second-order valence-corrected chi connectivity index (χ2v) is 8.36. The summed E-state index contributed by atoms with van der Waals surface area (Å²) in [6.07, 6.45) is 0. The third-order valence-electron chi connectivity index (χ3n) is 5.56. The van der Waals surface area contributed by atoms with Crippen LogP contribution in [0.5, 0.6) is 0 Å². The SMILES string of the molecule is Clc1ccc2oc3cccc(-c4ccccc4-c4nc(Cl)nc(-c5ccccc5)n4)c3c2c1. The molecule has 0 aliphatic rings. The summed E-state index contributed by atoms with van der Waals surface area (Å²) in [7, 11) is 0. The van der Waals surface area contributed by atoms with Gasteiger partial charge in [-0.3, -0.25) is 0 Å². The summed E-state index contributed by atoms with van der Waals surface area (Å²) in [4.78, 5) is 13.5. The highest BCUT2D eigenvalue weighted by atomic mass is 35.5.